The number of aryl methyl sites for hydroxylation is 1. The monoisotopic (exact) mass is 278 g/mol. The molecule has 1 atom stereocenters. The highest BCUT2D eigenvalue weighted by molar-refractivity contribution is 5.48. The average molecular weight is 278 g/mol. The Morgan fingerprint density at radius 1 is 1.20 bits per heavy atom. The third-order valence-electron chi connectivity index (χ3n) is 3.92. The standard InChI is InChI=1S/C16H26N2O2/c1-14-3-5-16(6-4-14)18-8-7-17(15(2)13-18)9-11-20-12-10-19/h3-6,15,19H,7-13H2,1-2H3/t15-/m1/s1. The van der Waals surface area contributed by atoms with Crippen LogP contribution in [0.25, 0.3) is 0 Å². The van der Waals surface area contributed by atoms with Crippen LogP contribution in [0.5, 0.6) is 0 Å². The van der Waals surface area contributed by atoms with Crippen molar-refractivity contribution in [3.8, 4) is 0 Å². The Morgan fingerprint density at radius 2 is 1.95 bits per heavy atom. The van der Waals surface area contributed by atoms with E-state index in [1.165, 1.54) is 11.3 Å². The van der Waals surface area contributed by atoms with Gasteiger partial charge in [-0.25, -0.2) is 0 Å². The molecule has 0 spiro atoms. The van der Waals surface area contributed by atoms with Crippen molar-refractivity contribution in [1.29, 1.82) is 0 Å². The molecule has 1 N–H and O–H groups in total. The van der Waals surface area contributed by atoms with Crippen molar-refractivity contribution in [2.75, 3.05) is 50.9 Å². The highest BCUT2D eigenvalue weighted by Crippen LogP contribution is 2.19. The molecular formula is C16H26N2O2. The van der Waals surface area contributed by atoms with Gasteiger partial charge in [-0.2, -0.15) is 0 Å². The normalized spacial score (nSPS) is 20.4. The van der Waals surface area contributed by atoms with E-state index in [-0.39, 0.29) is 6.61 Å². The minimum absolute atomic E-state index is 0.108. The fourth-order valence-corrected chi connectivity index (χ4v) is 2.67. The Bertz CT molecular complexity index is 394. The van der Waals surface area contributed by atoms with Crippen LogP contribution < -0.4 is 4.90 Å². The predicted molar refractivity (Wildman–Crippen MR) is 82.3 cm³/mol. The van der Waals surface area contributed by atoms with Gasteiger partial charge in [-0.3, -0.25) is 4.90 Å². The van der Waals surface area contributed by atoms with E-state index in [2.05, 4.69) is 47.9 Å². The Morgan fingerprint density at radius 3 is 2.60 bits per heavy atom. The van der Waals surface area contributed by atoms with Gasteiger partial charge in [0.1, 0.15) is 0 Å². The van der Waals surface area contributed by atoms with E-state index in [1.54, 1.807) is 0 Å². The van der Waals surface area contributed by atoms with Crippen LogP contribution in [0.4, 0.5) is 5.69 Å². The lowest BCUT2D eigenvalue weighted by atomic mass is 10.1. The molecule has 1 saturated heterocycles. The van der Waals surface area contributed by atoms with Gasteiger partial charge in [0.25, 0.3) is 0 Å². The van der Waals surface area contributed by atoms with Crippen LogP contribution >= 0.6 is 0 Å². The van der Waals surface area contributed by atoms with E-state index >= 15 is 0 Å². The number of rotatable bonds is 6. The fourth-order valence-electron chi connectivity index (χ4n) is 2.67. The molecule has 1 aliphatic heterocycles. The summed E-state index contributed by atoms with van der Waals surface area (Å²) < 4.78 is 5.35. The molecule has 2 rings (SSSR count). The molecule has 0 unspecified atom stereocenters. The molecule has 0 bridgehead atoms. The van der Waals surface area contributed by atoms with Crippen LogP contribution in [-0.4, -0.2) is 62.0 Å². The van der Waals surface area contributed by atoms with E-state index in [0.29, 0.717) is 19.3 Å². The second kappa shape index (κ2) is 7.62. The van der Waals surface area contributed by atoms with Gasteiger partial charge in [0.15, 0.2) is 0 Å². The van der Waals surface area contributed by atoms with Crippen LogP contribution in [0.2, 0.25) is 0 Å². The summed E-state index contributed by atoms with van der Waals surface area (Å²) in [4.78, 5) is 4.91. The maximum absolute atomic E-state index is 8.69. The van der Waals surface area contributed by atoms with Gasteiger partial charge in [0.2, 0.25) is 0 Å². The summed E-state index contributed by atoms with van der Waals surface area (Å²) >= 11 is 0. The first-order chi connectivity index (χ1) is 9.70. The van der Waals surface area contributed by atoms with Gasteiger partial charge in [0.05, 0.1) is 19.8 Å². The van der Waals surface area contributed by atoms with Crippen molar-refractivity contribution in [3.05, 3.63) is 29.8 Å². The van der Waals surface area contributed by atoms with Crippen LogP contribution in [0.3, 0.4) is 0 Å². The number of piperazine rings is 1. The summed E-state index contributed by atoms with van der Waals surface area (Å²) in [7, 11) is 0. The highest BCUT2D eigenvalue weighted by atomic mass is 16.5. The Hall–Kier alpha value is -1.10. The van der Waals surface area contributed by atoms with Gasteiger partial charge in [-0.05, 0) is 26.0 Å². The number of ether oxygens (including phenoxy) is 1. The zero-order valence-electron chi connectivity index (χ0n) is 12.6. The van der Waals surface area contributed by atoms with E-state index in [1.807, 2.05) is 0 Å². The molecule has 1 heterocycles. The number of hydrogen-bond acceptors (Lipinski definition) is 4. The lowest BCUT2D eigenvalue weighted by Crippen LogP contribution is -2.52. The maximum atomic E-state index is 8.69. The molecule has 0 saturated carbocycles. The van der Waals surface area contributed by atoms with Gasteiger partial charge in [-0.15, -0.1) is 0 Å². The zero-order valence-corrected chi connectivity index (χ0v) is 12.6. The molecule has 4 heteroatoms. The largest absolute Gasteiger partial charge is 0.394 e. The minimum Gasteiger partial charge on any atom is -0.394 e. The number of anilines is 1. The molecule has 1 aliphatic rings. The molecule has 112 valence electrons. The number of benzene rings is 1. The van der Waals surface area contributed by atoms with E-state index in [0.717, 1.165) is 26.2 Å². The second-order valence-corrected chi connectivity index (χ2v) is 5.50. The first-order valence-corrected chi connectivity index (χ1v) is 7.45. The third-order valence-corrected chi connectivity index (χ3v) is 3.92. The molecule has 0 radical (unpaired) electrons. The van der Waals surface area contributed by atoms with Crippen molar-refractivity contribution in [2.24, 2.45) is 0 Å². The van der Waals surface area contributed by atoms with Crippen molar-refractivity contribution in [1.82, 2.24) is 4.90 Å². The molecule has 0 amide bonds. The number of aliphatic hydroxyl groups excluding tert-OH is 1. The van der Waals surface area contributed by atoms with E-state index in [4.69, 9.17) is 9.84 Å². The summed E-state index contributed by atoms with van der Waals surface area (Å²) in [5, 5.41) is 8.69. The van der Waals surface area contributed by atoms with Crippen LogP contribution in [0.1, 0.15) is 12.5 Å². The van der Waals surface area contributed by atoms with E-state index < -0.39 is 0 Å². The SMILES string of the molecule is Cc1ccc(N2CCN(CCOCCO)[C@H](C)C2)cc1. The molecule has 1 aromatic carbocycles. The first-order valence-electron chi connectivity index (χ1n) is 7.45. The van der Waals surface area contributed by atoms with E-state index in [9.17, 15) is 0 Å². The molecular weight excluding hydrogens is 252 g/mol. The summed E-state index contributed by atoms with van der Waals surface area (Å²) in [6.07, 6.45) is 0. The second-order valence-electron chi connectivity index (χ2n) is 5.50. The molecule has 1 fully saturated rings. The Balaban J connectivity index is 1.81. The van der Waals surface area contributed by atoms with Crippen LogP contribution in [0, 0.1) is 6.92 Å². The van der Waals surface area contributed by atoms with Crippen LogP contribution in [0.15, 0.2) is 24.3 Å². The van der Waals surface area contributed by atoms with Gasteiger partial charge in [0, 0.05) is 37.9 Å². The number of hydrogen-bond donors (Lipinski definition) is 1. The lowest BCUT2D eigenvalue weighted by Gasteiger charge is -2.41. The van der Waals surface area contributed by atoms with Gasteiger partial charge >= 0.3 is 0 Å². The van der Waals surface area contributed by atoms with Crippen LogP contribution in [-0.2, 0) is 4.74 Å². The highest BCUT2D eigenvalue weighted by Gasteiger charge is 2.23. The Labute approximate surface area is 122 Å². The van der Waals surface area contributed by atoms with Gasteiger partial charge in [-0.1, -0.05) is 17.7 Å². The van der Waals surface area contributed by atoms with Crippen molar-refractivity contribution in [3.63, 3.8) is 0 Å². The lowest BCUT2D eigenvalue weighted by molar-refractivity contribution is 0.0624. The fraction of sp³-hybridized carbons (Fsp3) is 0.625. The molecule has 0 aliphatic carbocycles. The summed E-state index contributed by atoms with van der Waals surface area (Å²) in [6, 6.07) is 9.30. The first kappa shape index (κ1) is 15.3. The summed E-state index contributed by atoms with van der Waals surface area (Å²) in [6.45, 7) is 9.78. The van der Waals surface area contributed by atoms with Gasteiger partial charge < -0.3 is 14.7 Å². The molecule has 20 heavy (non-hydrogen) atoms. The maximum Gasteiger partial charge on any atom is 0.0698 e. The molecule has 1 aromatic rings. The third kappa shape index (κ3) is 4.20. The smallest absolute Gasteiger partial charge is 0.0698 e. The predicted octanol–water partition coefficient (Wildman–Crippen LogP) is 1.51. The zero-order chi connectivity index (χ0) is 14.4. The topological polar surface area (TPSA) is 35.9 Å². The average Bonchev–Trinajstić information content (AvgIpc) is 2.46. The number of nitrogens with zero attached hydrogens (tertiary/aromatic N) is 2. The van der Waals surface area contributed by atoms with Crippen molar-refractivity contribution >= 4 is 5.69 Å². The minimum atomic E-state index is 0.108. The molecule has 4 nitrogen and oxygen atoms in total. The van der Waals surface area contributed by atoms with Crippen molar-refractivity contribution in [2.45, 2.75) is 19.9 Å². The summed E-state index contributed by atoms with van der Waals surface area (Å²) in [5.41, 5.74) is 2.63. The summed E-state index contributed by atoms with van der Waals surface area (Å²) in [5.74, 6) is 0. The molecule has 0 aromatic heterocycles. The number of aliphatic hydroxyl groups is 1. The quantitative estimate of drug-likeness (QED) is 0.800. The Kier molecular flexibility index (Phi) is 5.83. The van der Waals surface area contributed by atoms with Crippen molar-refractivity contribution < 1.29 is 9.84 Å².